The van der Waals surface area contributed by atoms with Crippen molar-refractivity contribution >= 4 is 5.91 Å². The fourth-order valence-electron chi connectivity index (χ4n) is 11.9. The molecule has 490 valence electrons. The molecule has 1 aliphatic heterocycles. The minimum absolute atomic E-state index is 0.179. The second-order valence-electron chi connectivity index (χ2n) is 25.7. The molecule has 0 bridgehead atoms. The molecule has 1 saturated heterocycles. The summed E-state index contributed by atoms with van der Waals surface area (Å²) in [5, 5.41) is 54.8. The van der Waals surface area contributed by atoms with Crippen molar-refractivity contribution in [1.82, 2.24) is 5.32 Å². The maximum atomic E-state index is 13.1. The van der Waals surface area contributed by atoms with E-state index in [2.05, 4.69) is 43.5 Å². The van der Waals surface area contributed by atoms with Crippen LogP contribution in [0, 0.1) is 0 Å². The number of nitrogens with one attached hydrogen (secondary N) is 1. The van der Waals surface area contributed by atoms with E-state index in [4.69, 9.17) is 9.47 Å². The number of unbranched alkanes of at least 4 members (excludes halogenated alkanes) is 51. The van der Waals surface area contributed by atoms with Gasteiger partial charge < -0.3 is 40.3 Å². The summed E-state index contributed by atoms with van der Waals surface area (Å²) in [4.78, 5) is 13.1. The smallest absolute Gasteiger partial charge is 0.220 e. The lowest BCUT2D eigenvalue weighted by atomic mass is 9.99. The van der Waals surface area contributed by atoms with Gasteiger partial charge in [0.15, 0.2) is 6.29 Å². The van der Waals surface area contributed by atoms with Crippen molar-refractivity contribution in [3.05, 3.63) is 36.5 Å². The van der Waals surface area contributed by atoms with Crippen LogP contribution in [0.25, 0.3) is 0 Å². The van der Waals surface area contributed by atoms with Crippen molar-refractivity contribution in [2.75, 3.05) is 13.2 Å². The summed E-state index contributed by atoms with van der Waals surface area (Å²) in [6.45, 7) is 3.82. The maximum Gasteiger partial charge on any atom is 0.220 e. The lowest BCUT2D eigenvalue weighted by Gasteiger charge is -2.40. The highest BCUT2D eigenvalue weighted by atomic mass is 16.7. The minimum Gasteiger partial charge on any atom is -0.394 e. The summed E-state index contributed by atoms with van der Waals surface area (Å²) in [5.41, 5.74) is 0. The van der Waals surface area contributed by atoms with Gasteiger partial charge in [0, 0.05) is 6.42 Å². The van der Waals surface area contributed by atoms with Gasteiger partial charge in [0.25, 0.3) is 0 Å². The van der Waals surface area contributed by atoms with Gasteiger partial charge in [-0.3, -0.25) is 4.79 Å². The fraction of sp³-hybridized carbons (Fsp3) is 0.905. The van der Waals surface area contributed by atoms with Crippen molar-refractivity contribution in [3.8, 4) is 0 Å². The Morgan fingerprint density at radius 2 is 0.687 bits per heavy atom. The van der Waals surface area contributed by atoms with Crippen LogP contribution in [-0.2, 0) is 14.3 Å². The molecule has 0 saturated carbocycles. The summed E-state index contributed by atoms with van der Waals surface area (Å²) >= 11 is 0. The molecule has 7 atom stereocenters. The highest BCUT2D eigenvalue weighted by Crippen LogP contribution is 2.24. The maximum absolute atomic E-state index is 13.1. The van der Waals surface area contributed by atoms with E-state index < -0.39 is 49.5 Å². The van der Waals surface area contributed by atoms with Crippen molar-refractivity contribution in [1.29, 1.82) is 0 Å². The lowest BCUT2D eigenvalue weighted by molar-refractivity contribution is -0.302. The molecule has 1 heterocycles. The average molecular weight is 1170 g/mol. The van der Waals surface area contributed by atoms with E-state index in [1.807, 2.05) is 6.08 Å². The number of carbonyl (C=O) groups is 1. The molecule has 1 aliphatic rings. The van der Waals surface area contributed by atoms with E-state index in [-0.39, 0.29) is 12.5 Å². The minimum atomic E-state index is -1.57. The van der Waals surface area contributed by atoms with Gasteiger partial charge in [-0.15, -0.1) is 0 Å². The van der Waals surface area contributed by atoms with Crippen LogP contribution in [0.2, 0.25) is 0 Å². The van der Waals surface area contributed by atoms with Crippen LogP contribution in [0.15, 0.2) is 36.5 Å². The van der Waals surface area contributed by atoms with Crippen LogP contribution >= 0.6 is 0 Å². The number of aliphatic hydroxyl groups is 5. The normalized spacial score (nSPS) is 18.4. The summed E-state index contributed by atoms with van der Waals surface area (Å²) in [5.74, 6) is -0.179. The van der Waals surface area contributed by atoms with Gasteiger partial charge in [0.2, 0.25) is 5.91 Å². The largest absolute Gasteiger partial charge is 0.394 e. The predicted octanol–water partition coefficient (Wildman–Crippen LogP) is 20.2. The summed E-state index contributed by atoms with van der Waals surface area (Å²) in [7, 11) is 0. The van der Waals surface area contributed by atoms with E-state index in [1.54, 1.807) is 6.08 Å². The second-order valence-corrected chi connectivity index (χ2v) is 25.7. The molecule has 83 heavy (non-hydrogen) atoms. The zero-order chi connectivity index (χ0) is 60.0. The Hall–Kier alpha value is -1.59. The predicted molar refractivity (Wildman–Crippen MR) is 355 cm³/mol. The molecular weight excluding hydrogens is 1030 g/mol. The van der Waals surface area contributed by atoms with E-state index in [0.717, 1.165) is 38.5 Å². The Morgan fingerprint density at radius 3 is 1.01 bits per heavy atom. The van der Waals surface area contributed by atoms with Crippen LogP contribution < -0.4 is 5.32 Å². The Kier molecular flexibility index (Phi) is 60.7. The van der Waals surface area contributed by atoms with Crippen LogP contribution in [0.4, 0.5) is 0 Å². The van der Waals surface area contributed by atoms with Crippen molar-refractivity contribution in [2.45, 2.75) is 416 Å². The summed E-state index contributed by atoms with van der Waals surface area (Å²) < 4.78 is 11.3. The quantitative estimate of drug-likeness (QED) is 0.0261. The molecule has 1 rings (SSSR count). The van der Waals surface area contributed by atoms with Crippen LogP contribution in [0.1, 0.15) is 373 Å². The Morgan fingerprint density at radius 1 is 0.398 bits per heavy atom. The van der Waals surface area contributed by atoms with E-state index in [1.165, 1.54) is 315 Å². The summed E-state index contributed by atoms with van der Waals surface area (Å²) in [6.07, 6.45) is 78.4. The Bertz CT molecular complexity index is 1410. The number of allylic oxidation sites excluding steroid dienone is 5. The van der Waals surface area contributed by atoms with Crippen LogP contribution in [0.3, 0.4) is 0 Å². The second kappa shape index (κ2) is 63.4. The SMILES string of the molecule is CCCCCCCCCC/C=C\CCCCCCCCCCCCCCCCCCCC(=O)NC(COC1OC(CO)C(O)C(O)C1O)C(O)/C=C/CC/C=C/CCCCCCCCCCCCCCCCCCCCCCCCCCC. The zero-order valence-electron chi connectivity index (χ0n) is 55.0. The van der Waals surface area contributed by atoms with Crippen molar-refractivity contribution in [3.63, 3.8) is 0 Å². The van der Waals surface area contributed by atoms with Gasteiger partial charge >= 0.3 is 0 Å². The van der Waals surface area contributed by atoms with Gasteiger partial charge in [0.1, 0.15) is 24.4 Å². The first-order valence-corrected chi connectivity index (χ1v) is 36.7. The molecule has 1 fully saturated rings. The highest BCUT2D eigenvalue weighted by Gasteiger charge is 2.44. The van der Waals surface area contributed by atoms with Crippen LogP contribution in [-0.4, -0.2) is 87.5 Å². The molecule has 1 amide bonds. The number of ether oxygens (including phenoxy) is 2. The summed E-state index contributed by atoms with van der Waals surface area (Å²) in [6, 6.07) is -0.822. The number of hydrogen-bond acceptors (Lipinski definition) is 8. The van der Waals surface area contributed by atoms with Gasteiger partial charge in [0.05, 0.1) is 25.4 Å². The highest BCUT2D eigenvalue weighted by molar-refractivity contribution is 5.76. The molecule has 0 radical (unpaired) electrons. The van der Waals surface area contributed by atoms with Crippen molar-refractivity contribution in [2.24, 2.45) is 0 Å². The fourth-order valence-corrected chi connectivity index (χ4v) is 11.9. The van der Waals surface area contributed by atoms with Gasteiger partial charge in [-0.05, 0) is 57.8 Å². The monoisotopic (exact) mass is 1170 g/mol. The molecule has 9 heteroatoms. The third-order valence-electron chi connectivity index (χ3n) is 17.7. The number of rotatable bonds is 65. The topological polar surface area (TPSA) is 149 Å². The average Bonchev–Trinajstić information content (AvgIpc) is 3.60. The van der Waals surface area contributed by atoms with Crippen LogP contribution in [0.5, 0.6) is 0 Å². The first kappa shape index (κ1) is 79.4. The van der Waals surface area contributed by atoms with Crippen molar-refractivity contribution < 1.29 is 39.8 Å². The van der Waals surface area contributed by atoms with E-state index >= 15 is 0 Å². The molecule has 0 aromatic rings. The Balaban J connectivity index is 2.12. The van der Waals surface area contributed by atoms with Gasteiger partial charge in [-0.1, -0.05) is 346 Å². The standard InChI is InChI=1S/C74H141NO8/c1-3-5-7-9-11-13-15-17-19-21-23-25-27-29-31-33-34-36-37-39-41-43-45-47-49-51-53-55-57-59-61-63-68(77)67(66-82-74-73(81)72(80)71(79)69(65-76)83-74)75-70(78)64-62-60-58-56-54-52-50-48-46-44-42-40-38-35-32-30-28-26-24-22-20-18-16-14-12-10-8-6-4-2/h22,24,53,55,61,63,67-69,71-74,76-77,79-81H,3-21,23,25-52,54,56-60,62,64-66H2,1-2H3,(H,75,78)/b24-22-,55-53+,63-61+. The zero-order valence-corrected chi connectivity index (χ0v) is 55.0. The molecule has 0 aliphatic carbocycles. The third kappa shape index (κ3) is 52.1. The lowest BCUT2D eigenvalue weighted by Crippen LogP contribution is -2.60. The molecule has 0 spiro atoms. The van der Waals surface area contributed by atoms with E-state index in [9.17, 15) is 30.3 Å². The molecule has 6 N–H and O–H groups in total. The molecule has 9 nitrogen and oxygen atoms in total. The van der Waals surface area contributed by atoms with Gasteiger partial charge in [-0.2, -0.15) is 0 Å². The number of aliphatic hydroxyl groups excluding tert-OH is 5. The first-order valence-electron chi connectivity index (χ1n) is 36.7. The number of amides is 1. The third-order valence-corrected chi connectivity index (χ3v) is 17.7. The Labute approximate surface area is 514 Å². The molecular formula is C74H141NO8. The number of carbonyl (C=O) groups excluding carboxylic acids is 1. The van der Waals surface area contributed by atoms with E-state index in [0.29, 0.717) is 6.42 Å². The van der Waals surface area contributed by atoms with Gasteiger partial charge in [-0.25, -0.2) is 0 Å². The molecule has 0 aromatic carbocycles. The molecule has 0 aromatic heterocycles. The number of hydrogen-bond donors (Lipinski definition) is 6. The molecule has 7 unspecified atom stereocenters. The first-order chi connectivity index (χ1) is 40.8.